The molecule has 0 atom stereocenters. The van der Waals surface area contributed by atoms with E-state index in [1.54, 1.807) is 0 Å². The van der Waals surface area contributed by atoms with E-state index in [4.69, 9.17) is 16.3 Å². The van der Waals surface area contributed by atoms with Crippen LogP contribution in [0.25, 0.3) is 0 Å². The highest BCUT2D eigenvalue weighted by Crippen LogP contribution is 2.25. The second-order valence-electron chi connectivity index (χ2n) is 5.87. The number of halogens is 1. The molecule has 1 heterocycles. The van der Waals surface area contributed by atoms with Gasteiger partial charge in [-0.05, 0) is 43.7 Å². The predicted molar refractivity (Wildman–Crippen MR) is 93.5 cm³/mol. The molecule has 0 spiro atoms. The number of piperazine rings is 1. The molecule has 1 saturated heterocycles. The number of likely N-dealkylation sites (N-methyl/N-ethyl adjacent to an activating group) is 1. The van der Waals surface area contributed by atoms with E-state index < -0.39 is 0 Å². The van der Waals surface area contributed by atoms with Gasteiger partial charge in [0, 0.05) is 31.2 Å². The van der Waals surface area contributed by atoms with Crippen molar-refractivity contribution in [3.63, 3.8) is 0 Å². The summed E-state index contributed by atoms with van der Waals surface area (Å²) in [6.45, 7) is 11.5. The number of urea groups is 1. The Morgan fingerprint density at radius 2 is 1.83 bits per heavy atom. The summed E-state index contributed by atoms with van der Waals surface area (Å²) < 4.78 is 5.69. The first kappa shape index (κ1) is 17.9. The zero-order valence-electron chi connectivity index (χ0n) is 14.2. The number of hydrogen-bond acceptors (Lipinski definition) is 3. The Morgan fingerprint density at radius 1 is 1.22 bits per heavy atom. The molecule has 2 rings (SSSR count). The Labute approximate surface area is 143 Å². The topological polar surface area (TPSA) is 44.8 Å². The van der Waals surface area contributed by atoms with Crippen molar-refractivity contribution in [3.8, 4) is 5.75 Å². The fourth-order valence-electron chi connectivity index (χ4n) is 2.70. The lowest BCUT2D eigenvalue weighted by molar-refractivity contribution is 0.142. The van der Waals surface area contributed by atoms with Gasteiger partial charge >= 0.3 is 6.03 Å². The Kier molecular flexibility index (Phi) is 6.54. The Bertz CT molecular complexity index is 520. The summed E-state index contributed by atoms with van der Waals surface area (Å²) in [5.74, 6) is 0.787. The van der Waals surface area contributed by atoms with Gasteiger partial charge in [0.1, 0.15) is 12.4 Å². The first-order chi connectivity index (χ1) is 11.0. The van der Waals surface area contributed by atoms with Crippen LogP contribution in [0, 0.1) is 13.8 Å². The predicted octanol–water partition coefficient (Wildman–Crippen LogP) is 2.68. The van der Waals surface area contributed by atoms with Crippen molar-refractivity contribution in [2.45, 2.75) is 20.8 Å². The van der Waals surface area contributed by atoms with Gasteiger partial charge in [0.25, 0.3) is 0 Å². The summed E-state index contributed by atoms with van der Waals surface area (Å²) >= 11 is 6.14. The Morgan fingerprint density at radius 3 is 2.39 bits per heavy atom. The molecule has 1 fully saturated rings. The smallest absolute Gasteiger partial charge is 0.317 e. The number of nitrogens with zero attached hydrogens (tertiary/aromatic N) is 2. The van der Waals surface area contributed by atoms with Crippen LogP contribution in [0.15, 0.2) is 12.1 Å². The third-order valence-electron chi connectivity index (χ3n) is 4.16. The van der Waals surface area contributed by atoms with Gasteiger partial charge in [-0.25, -0.2) is 4.79 Å². The van der Waals surface area contributed by atoms with Crippen LogP contribution in [0.2, 0.25) is 5.02 Å². The van der Waals surface area contributed by atoms with E-state index in [0.29, 0.717) is 13.2 Å². The van der Waals surface area contributed by atoms with Crippen molar-refractivity contribution in [1.29, 1.82) is 0 Å². The van der Waals surface area contributed by atoms with Gasteiger partial charge in [-0.3, -0.25) is 0 Å². The standard InChI is InChI=1S/C17H26ClN3O2/c1-4-20-6-8-21(9-7-20)17(22)19-5-10-23-15-11-13(2)16(18)14(3)12-15/h11-12H,4-10H2,1-3H3,(H,19,22). The van der Waals surface area contributed by atoms with Crippen LogP contribution in [0.5, 0.6) is 5.75 Å². The number of aryl methyl sites for hydroxylation is 2. The molecule has 1 N–H and O–H groups in total. The molecule has 0 saturated carbocycles. The number of carbonyl (C=O) groups excluding carboxylic acids is 1. The molecule has 0 aliphatic carbocycles. The summed E-state index contributed by atoms with van der Waals surface area (Å²) in [6.07, 6.45) is 0. The van der Waals surface area contributed by atoms with Crippen molar-refractivity contribution < 1.29 is 9.53 Å². The maximum atomic E-state index is 12.1. The van der Waals surface area contributed by atoms with E-state index in [-0.39, 0.29) is 6.03 Å². The number of ether oxygens (including phenoxy) is 1. The first-order valence-electron chi connectivity index (χ1n) is 8.16. The molecule has 1 aliphatic heterocycles. The van der Waals surface area contributed by atoms with Crippen molar-refractivity contribution in [2.75, 3.05) is 45.9 Å². The number of nitrogens with one attached hydrogen (secondary N) is 1. The largest absolute Gasteiger partial charge is 0.492 e. The lowest BCUT2D eigenvalue weighted by Gasteiger charge is -2.33. The van der Waals surface area contributed by atoms with Crippen molar-refractivity contribution in [3.05, 3.63) is 28.3 Å². The molecule has 128 valence electrons. The van der Waals surface area contributed by atoms with Crippen LogP contribution in [-0.2, 0) is 0 Å². The van der Waals surface area contributed by atoms with Crippen LogP contribution >= 0.6 is 11.6 Å². The number of benzene rings is 1. The summed E-state index contributed by atoms with van der Waals surface area (Å²) in [7, 11) is 0. The molecule has 0 radical (unpaired) electrons. The van der Waals surface area contributed by atoms with E-state index in [2.05, 4.69) is 17.1 Å². The highest BCUT2D eigenvalue weighted by atomic mass is 35.5. The third-order valence-corrected chi connectivity index (χ3v) is 4.76. The molecule has 6 heteroatoms. The number of rotatable bonds is 5. The Hall–Kier alpha value is -1.46. The fourth-order valence-corrected chi connectivity index (χ4v) is 2.80. The summed E-state index contributed by atoms with van der Waals surface area (Å²) in [6, 6.07) is 3.83. The fraction of sp³-hybridized carbons (Fsp3) is 0.588. The van der Waals surface area contributed by atoms with Crippen LogP contribution in [-0.4, -0.2) is 61.7 Å². The first-order valence-corrected chi connectivity index (χ1v) is 8.53. The van der Waals surface area contributed by atoms with E-state index >= 15 is 0 Å². The van der Waals surface area contributed by atoms with Crippen LogP contribution in [0.1, 0.15) is 18.1 Å². The number of hydrogen-bond donors (Lipinski definition) is 1. The molecular weight excluding hydrogens is 314 g/mol. The molecule has 0 unspecified atom stereocenters. The van der Waals surface area contributed by atoms with Gasteiger partial charge in [0.2, 0.25) is 0 Å². The normalized spacial score (nSPS) is 15.6. The minimum atomic E-state index is -0.00665. The lowest BCUT2D eigenvalue weighted by atomic mass is 10.1. The van der Waals surface area contributed by atoms with Crippen LogP contribution in [0.3, 0.4) is 0 Å². The molecule has 1 aromatic rings. The van der Waals surface area contributed by atoms with Gasteiger partial charge in [-0.2, -0.15) is 0 Å². The number of carbonyl (C=O) groups is 1. The average Bonchev–Trinajstić information content (AvgIpc) is 2.56. The van der Waals surface area contributed by atoms with Crippen molar-refractivity contribution in [1.82, 2.24) is 15.1 Å². The minimum absolute atomic E-state index is 0.00665. The van der Waals surface area contributed by atoms with E-state index in [9.17, 15) is 4.79 Å². The highest BCUT2D eigenvalue weighted by molar-refractivity contribution is 6.32. The second-order valence-corrected chi connectivity index (χ2v) is 6.25. The molecule has 23 heavy (non-hydrogen) atoms. The third kappa shape index (κ3) is 5.01. The molecule has 0 aromatic heterocycles. The molecule has 1 aromatic carbocycles. The maximum absolute atomic E-state index is 12.1. The zero-order valence-corrected chi connectivity index (χ0v) is 14.9. The van der Waals surface area contributed by atoms with Gasteiger partial charge in [-0.15, -0.1) is 0 Å². The van der Waals surface area contributed by atoms with E-state index in [1.807, 2.05) is 30.9 Å². The van der Waals surface area contributed by atoms with Crippen molar-refractivity contribution in [2.24, 2.45) is 0 Å². The molecular formula is C17H26ClN3O2. The maximum Gasteiger partial charge on any atom is 0.317 e. The second kappa shape index (κ2) is 8.41. The van der Waals surface area contributed by atoms with Gasteiger partial charge in [0.15, 0.2) is 0 Å². The van der Waals surface area contributed by atoms with Crippen LogP contribution in [0.4, 0.5) is 4.79 Å². The average molecular weight is 340 g/mol. The summed E-state index contributed by atoms with van der Waals surface area (Å²) in [5.41, 5.74) is 2.00. The zero-order chi connectivity index (χ0) is 16.8. The minimum Gasteiger partial charge on any atom is -0.492 e. The Balaban J connectivity index is 1.70. The van der Waals surface area contributed by atoms with Gasteiger partial charge in [0.05, 0.1) is 6.54 Å². The SMILES string of the molecule is CCN1CCN(C(=O)NCCOc2cc(C)c(Cl)c(C)c2)CC1. The summed E-state index contributed by atoms with van der Waals surface area (Å²) in [5, 5.41) is 3.69. The van der Waals surface area contributed by atoms with E-state index in [1.165, 1.54) is 0 Å². The number of amides is 2. The molecule has 1 aliphatic rings. The quantitative estimate of drug-likeness (QED) is 0.839. The monoisotopic (exact) mass is 339 g/mol. The molecule has 0 bridgehead atoms. The van der Waals surface area contributed by atoms with Crippen LogP contribution < -0.4 is 10.1 Å². The van der Waals surface area contributed by atoms with E-state index in [0.717, 1.165) is 54.6 Å². The van der Waals surface area contributed by atoms with Crippen molar-refractivity contribution >= 4 is 17.6 Å². The van der Waals surface area contributed by atoms with Gasteiger partial charge in [-0.1, -0.05) is 18.5 Å². The molecule has 2 amide bonds. The summed E-state index contributed by atoms with van der Waals surface area (Å²) in [4.78, 5) is 16.3. The highest BCUT2D eigenvalue weighted by Gasteiger charge is 2.19. The molecule has 5 nitrogen and oxygen atoms in total. The van der Waals surface area contributed by atoms with Gasteiger partial charge < -0.3 is 19.9 Å². The lowest BCUT2D eigenvalue weighted by Crippen LogP contribution is -2.52.